The van der Waals surface area contributed by atoms with E-state index in [2.05, 4.69) is 9.97 Å². The van der Waals surface area contributed by atoms with Crippen LogP contribution in [0.3, 0.4) is 0 Å². The molecule has 6 nitrogen and oxygen atoms in total. The summed E-state index contributed by atoms with van der Waals surface area (Å²) in [7, 11) is 0. The normalized spacial score (nSPS) is 11.7. The quantitative estimate of drug-likeness (QED) is 0.865. The third kappa shape index (κ3) is 4.08. The van der Waals surface area contributed by atoms with Crippen molar-refractivity contribution in [1.82, 2.24) is 9.97 Å². The monoisotopic (exact) mass is 267 g/mol. The van der Waals surface area contributed by atoms with E-state index in [0.717, 1.165) is 0 Å². The maximum Gasteiger partial charge on any atom is 0.323 e. The number of carboxylic acid groups (broad SMARTS) is 1. The first-order valence-corrected chi connectivity index (χ1v) is 6.22. The minimum Gasteiger partial charge on any atom is -0.480 e. The van der Waals surface area contributed by atoms with Gasteiger partial charge >= 0.3 is 5.97 Å². The van der Waals surface area contributed by atoms with Gasteiger partial charge in [-0.05, 0) is 20.8 Å². The first kappa shape index (κ1) is 15.2. The van der Waals surface area contributed by atoms with Crippen LogP contribution in [-0.4, -0.2) is 33.1 Å². The van der Waals surface area contributed by atoms with Crippen molar-refractivity contribution >= 4 is 11.8 Å². The predicted molar refractivity (Wildman–Crippen MR) is 73.7 cm³/mol. The molecule has 0 spiro atoms. The SMILES string of the molecule is CC(C)c1nc(N(CC(=O)O)C(C)(C)C)cc(=O)[nH]1. The highest BCUT2D eigenvalue weighted by molar-refractivity contribution is 5.73. The van der Waals surface area contributed by atoms with Crippen molar-refractivity contribution in [2.24, 2.45) is 0 Å². The van der Waals surface area contributed by atoms with Crippen LogP contribution in [-0.2, 0) is 4.79 Å². The number of anilines is 1. The highest BCUT2D eigenvalue weighted by Crippen LogP contribution is 2.21. The zero-order chi connectivity index (χ0) is 14.8. The van der Waals surface area contributed by atoms with Crippen LogP contribution in [0.5, 0.6) is 0 Å². The molecular weight excluding hydrogens is 246 g/mol. The molecule has 6 heteroatoms. The van der Waals surface area contributed by atoms with Gasteiger partial charge in [0, 0.05) is 17.5 Å². The molecule has 19 heavy (non-hydrogen) atoms. The summed E-state index contributed by atoms with van der Waals surface area (Å²) >= 11 is 0. The molecule has 0 atom stereocenters. The molecule has 0 aromatic carbocycles. The third-order valence-corrected chi connectivity index (χ3v) is 2.67. The Morgan fingerprint density at radius 1 is 1.47 bits per heavy atom. The van der Waals surface area contributed by atoms with Crippen molar-refractivity contribution in [3.63, 3.8) is 0 Å². The Morgan fingerprint density at radius 2 is 2.05 bits per heavy atom. The number of carbonyl (C=O) groups is 1. The summed E-state index contributed by atoms with van der Waals surface area (Å²) in [5.41, 5.74) is -0.707. The summed E-state index contributed by atoms with van der Waals surface area (Å²) < 4.78 is 0. The standard InChI is InChI=1S/C13H21N3O3/c1-8(2)12-14-9(6-10(17)15-12)16(7-11(18)19)13(3,4)5/h6,8H,7H2,1-5H3,(H,18,19)(H,14,15,17). The number of nitrogens with one attached hydrogen (secondary N) is 1. The Balaban J connectivity index is 3.30. The molecule has 2 N–H and O–H groups in total. The van der Waals surface area contributed by atoms with Crippen LogP contribution in [0.1, 0.15) is 46.4 Å². The summed E-state index contributed by atoms with van der Waals surface area (Å²) in [6, 6.07) is 1.33. The highest BCUT2D eigenvalue weighted by Gasteiger charge is 2.26. The van der Waals surface area contributed by atoms with Crippen LogP contribution in [0.25, 0.3) is 0 Å². The van der Waals surface area contributed by atoms with Gasteiger partial charge in [0.15, 0.2) is 0 Å². The maximum atomic E-state index is 11.7. The van der Waals surface area contributed by atoms with Crippen molar-refractivity contribution < 1.29 is 9.90 Å². The van der Waals surface area contributed by atoms with E-state index in [1.54, 1.807) is 4.90 Å². The van der Waals surface area contributed by atoms with Gasteiger partial charge in [0.1, 0.15) is 18.2 Å². The first-order chi connectivity index (χ1) is 8.61. The Hall–Kier alpha value is -1.85. The Kier molecular flexibility index (Phi) is 4.34. The maximum absolute atomic E-state index is 11.7. The molecule has 0 aliphatic rings. The number of nitrogens with zero attached hydrogens (tertiary/aromatic N) is 2. The van der Waals surface area contributed by atoms with E-state index in [9.17, 15) is 9.59 Å². The van der Waals surface area contributed by atoms with E-state index in [0.29, 0.717) is 11.6 Å². The molecule has 1 heterocycles. The minimum atomic E-state index is -0.955. The molecule has 0 unspecified atom stereocenters. The van der Waals surface area contributed by atoms with Gasteiger partial charge in [-0.3, -0.25) is 9.59 Å². The van der Waals surface area contributed by atoms with E-state index >= 15 is 0 Å². The fraction of sp³-hybridized carbons (Fsp3) is 0.615. The molecule has 106 valence electrons. The van der Waals surface area contributed by atoms with Crippen molar-refractivity contribution in [2.75, 3.05) is 11.4 Å². The van der Waals surface area contributed by atoms with E-state index in [4.69, 9.17) is 5.11 Å². The second-order valence-corrected chi connectivity index (χ2v) is 5.79. The first-order valence-electron chi connectivity index (χ1n) is 6.22. The second-order valence-electron chi connectivity index (χ2n) is 5.79. The number of H-pyrrole nitrogens is 1. The van der Waals surface area contributed by atoms with Crippen LogP contribution in [0, 0.1) is 0 Å². The van der Waals surface area contributed by atoms with Gasteiger partial charge in [-0.25, -0.2) is 4.98 Å². The number of carboxylic acids is 1. The Labute approximate surface area is 112 Å². The molecule has 0 saturated heterocycles. The molecule has 0 amide bonds. The van der Waals surface area contributed by atoms with Gasteiger partial charge in [0.25, 0.3) is 5.56 Å². The fourth-order valence-electron chi connectivity index (χ4n) is 1.67. The highest BCUT2D eigenvalue weighted by atomic mass is 16.4. The van der Waals surface area contributed by atoms with Crippen LogP contribution < -0.4 is 10.5 Å². The van der Waals surface area contributed by atoms with Crippen molar-refractivity contribution in [1.29, 1.82) is 0 Å². The number of aromatic amines is 1. The second kappa shape index (κ2) is 5.42. The Bertz CT molecular complexity index is 515. The van der Waals surface area contributed by atoms with E-state index < -0.39 is 11.5 Å². The lowest BCUT2D eigenvalue weighted by atomic mass is 10.1. The third-order valence-electron chi connectivity index (χ3n) is 2.67. The van der Waals surface area contributed by atoms with Crippen LogP contribution >= 0.6 is 0 Å². The fourth-order valence-corrected chi connectivity index (χ4v) is 1.67. The molecule has 0 bridgehead atoms. The summed E-state index contributed by atoms with van der Waals surface area (Å²) in [4.78, 5) is 31.3. The lowest BCUT2D eigenvalue weighted by Gasteiger charge is -2.35. The minimum absolute atomic E-state index is 0.0688. The number of hydrogen-bond donors (Lipinski definition) is 2. The Morgan fingerprint density at radius 3 is 2.47 bits per heavy atom. The van der Waals surface area contributed by atoms with Gasteiger partial charge in [-0.15, -0.1) is 0 Å². The summed E-state index contributed by atoms with van der Waals surface area (Å²) in [6.45, 7) is 9.29. The largest absolute Gasteiger partial charge is 0.480 e. The van der Waals surface area contributed by atoms with Gasteiger partial charge in [-0.1, -0.05) is 13.8 Å². The van der Waals surface area contributed by atoms with Gasteiger partial charge in [0.05, 0.1) is 0 Å². The number of hydrogen-bond acceptors (Lipinski definition) is 4. The molecule has 1 aromatic heterocycles. The molecule has 0 radical (unpaired) electrons. The molecule has 1 aromatic rings. The van der Waals surface area contributed by atoms with Crippen LogP contribution in [0.15, 0.2) is 10.9 Å². The van der Waals surface area contributed by atoms with Crippen molar-refractivity contribution in [3.05, 3.63) is 22.2 Å². The lowest BCUT2D eigenvalue weighted by molar-refractivity contribution is -0.135. The van der Waals surface area contributed by atoms with Gasteiger partial charge in [0.2, 0.25) is 0 Å². The van der Waals surface area contributed by atoms with Crippen LogP contribution in [0.4, 0.5) is 5.82 Å². The van der Waals surface area contributed by atoms with E-state index in [1.165, 1.54) is 6.07 Å². The van der Waals surface area contributed by atoms with E-state index in [-0.39, 0.29) is 18.0 Å². The average molecular weight is 267 g/mol. The summed E-state index contributed by atoms with van der Waals surface area (Å²) in [5.74, 6) is 0.0619. The zero-order valence-corrected chi connectivity index (χ0v) is 12.0. The van der Waals surface area contributed by atoms with Gasteiger partial charge < -0.3 is 15.0 Å². The molecule has 0 aliphatic heterocycles. The van der Waals surface area contributed by atoms with Crippen molar-refractivity contribution in [2.45, 2.75) is 46.1 Å². The molecule has 0 fully saturated rings. The summed E-state index contributed by atoms with van der Waals surface area (Å²) in [5, 5.41) is 9.00. The zero-order valence-electron chi connectivity index (χ0n) is 12.0. The predicted octanol–water partition coefficient (Wildman–Crippen LogP) is 1.58. The average Bonchev–Trinajstić information content (AvgIpc) is 2.23. The topological polar surface area (TPSA) is 86.3 Å². The van der Waals surface area contributed by atoms with E-state index in [1.807, 2.05) is 34.6 Å². The van der Waals surface area contributed by atoms with Crippen LogP contribution in [0.2, 0.25) is 0 Å². The lowest BCUT2D eigenvalue weighted by Crippen LogP contribution is -2.45. The number of aromatic nitrogens is 2. The molecule has 1 rings (SSSR count). The van der Waals surface area contributed by atoms with Crippen molar-refractivity contribution in [3.8, 4) is 0 Å². The molecular formula is C13H21N3O3. The number of rotatable bonds is 4. The molecule has 0 aliphatic carbocycles. The molecule has 0 saturated carbocycles. The number of aliphatic carboxylic acids is 1. The van der Waals surface area contributed by atoms with Gasteiger partial charge in [-0.2, -0.15) is 0 Å². The smallest absolute Gasteiger partial charge is 0.323 e. The summed E-state index contributed by atoms with van der Waals surface area (Å²) in [6.07, 6.45) is 0.